The van der Waals surface area contributed by atoms with Gasteiger partial charge in [0.1, 0.15) is 11.3 Å². The zero-order valence-electron chi connectivity index (χ0n) is 15.2. The van der Waals surface area contributed by atoms with Gasteiger partial charge in [0.25, 0.3) is 0 Å². The number of halogens is 1. The number of thiophene rings is 1. The number of nitrogens with two attached hydrogens (primary N) is 1. The van der Waals surface area contributed by atoms with Gasteiger partial charge in [-0.1, -0.05) is 11.6 Å². The van der Waals surface area contributed by atoms with Crippen molar-refractivity contribution < 1.29 is 27.5 Å². The van der Waals surface area contributed by atoms with Crippen LogP contribution in [0.3, 0.4) is 0 Å². The SMILES string of the molecule is COc1cc(N)c(Cl)cc1C(=O)OCC(=O)c1ccc(CCNS(C)(=O)=O)s1. The van der Waals surface area contributed by atoms with Crippen LogP contribution < -0.4 is 15.2 Å². The highest BCUT2D eigenvalue weighted by molar-refractivity contribution is 7.88. The van der Waals surface area contributed by atoms with Crippen LogP contribution >= 0.6 is 22.9 Å². The number of carbonyl (C=O) groups excluding carboxylic acids is 2. The highest BCUT2D eigenvalue weighted by atomic mass is 35.5. The molecule has 0 spiro atoms. The van der Waals surface area contributed by atoms with Gasteiger partial charge < -0.3 is 15.2 Å². The predicted molar refractivity (Wildman–Crippen MR) is 108 cm³/mol. The zero-order valence-corrected chi connectivity index (χ0v) is 17.5. The smallest absolute Gasteiger partial charge is 0.342 e. The number of Topliss-reactive ketones (excluding diaryl/α,β-unsaturated/α-hetero) is 1. The summed E-state index contributed by atoms with van der Waals surface area (Å²) in [7, 11) is -1.89. The summed E-state index contributed by atoms with van der Waals surface area (Å²) in [6.07, 6.45) is 1.53. The number of nitrogens with one attached hydrogen (secondary N) is 1. The number of hydrogen-bond acceptors (Lipinski definition) is 8. The molecule has 8 nitrogen and oxygen atoms in total. The quantitative estimate of drug-likeness (QED) is 0.343. The number of carbonyl (C=O) groups is 2. The van der Waals surface area contributed by atoms with Gasteiger partial charge in [0.2, 0.25) is 15.8 Å². The Bertz CT molecular complexity index is 988. The first-order valence-corrected chi connectivity index (χ1v) is 11.1. The fourth-order valence-corrected chi connectivity index (χ4v) is 3.77. The van der Waals surface area contributed by atoms with Gasteiger partial charge in [0, 0.05) is 17.5 Å². The number of esters is 1. The molecular weight excluding hydrogens is 428 g/mol. The fraction of sp³-hybridized carbons (Fsp3) is 0.294. The number of ketones is 1. The van der Waals surface area contributed by atoms with E-state index in [1.54, 1.807) is 12.1 Å². The van der Waals surface area contributed by atoms with Gasteiger partial charge in [-0.05, 0) is 24.6 Å². The lowest BCUT2D eigenvalue weighted by atomic mass is 10.2. The Morgan fingerprint density at radius 1 is 1.29 bits per heavy atom. The minimum Gasteiger partial charge on any atom is -0.496 e. The first kappa shape index (κ1) is 22.2. The lowest BCUT2D eigenvalue weighted by Crippen LogP contribution is -2.24. The van der Waals surface area contributed by atoms with Crippen LogP contribution in [0.4, 0.5) is 5.69 Å². The van der Waals surface area contributed by atoms with Crippen molar-refractivity contribution in [1.29, 1.82) is 0 Å². The monoisotopic (exact) mass is 446 g/mol. The molecule has 0 saturated carbocycles. The van der Waals surface area contributed by atoms with Crippen molar-refractivity contribution in [3.63, 3.8) is 0 Å². The van der Waals surface area contributed by atoms with E-state index in [1.165, 1.54) is 30.6 Å². The van der Waals surface area contributed by atoms with Crippen molar-refractivity contribution >= 4 is 50.4 Å². The van der Waals surface area contributed by atoms with Crippen molar-refractivity contribution in [2.45, 2.75) is 6.42 Å². The molecule has 1 aromatic heterocycles. The normalized spacial score (nSPS) is 11.2. The molecule has 0 radical (unpaired) electrons. The Hall–Kier alpha value is -2.14. The molecule has 0 amide bonds. The molecule has 1 heterocycles. The van der Waals surface area contributed by atoms with E-state index in [0.717, 1.165) is 11.1 Å². The van der Waals surface area contributed by atoms with Gasteiger partial charge in [-0.3, -0.25) is 4.79 Å². The summed E-state index contributed by atoms with van der Waals surface area (Å²) >= 11 is 7.13. The largest absolute Gasteiger partial charge is 0.496 e. The molecule has 152 valence electrons. The Kier molecular flexibility index (Phi) is 7.41. The second kappa shape index (κ2) is 9.37. The van der Waals surface area contributed by atoms with Gasteiger partial charge in [-0.15, -0.1) is 11.3 Å². The third-order valence-electron chi connectivity index (χ3n) is 3.55. The van der Waals surface area contributed by atoms with E-state index in [-0.39, 0.29) is 34.4 Å². The summed E-state index contributed by atoms with van der Waals surface area (Å²) in [6, 6.07) is 6.06. The number of hydrogen-bond donors (Lipinski definition) is 2. The fourth-order valence-electron chi connectivity index (χ4n) is 2.20. The van der Waals surface area contributed by atoms with Gasteiger partial charge >= 0.3 is 5.97 Å². The summed E-state index contributed by atoms with van der Waals surface area (Å²) in [5, 5.41) is 0.171. The molecule has 2 rings (SSSR count). The van der Waals surface area contributed by atoms with Gasteiger partial charge in [-0.2, -0.15) is 0 Å². The molecule has 0 unspecified atom stereocenters. The number of ether oxygens (including phenoxy) is 2. The molecule has 2 aromatic rings. The van der Waals surface area contributed by atoms with Gasteiger partial charge in [0.15, 0.2) is 6.61 Å². The maximum absolute atomic E-state index is 12.2. The van der Waals surface area contributed by atoms with E-state index in [1.807, 2.05) is 0 Å². The van der Waals surface area contributed by atoms with Crippen LogP contribution in [0.1, 0.15) is 24.9 Å². The lowest BCUT2D eigenvalue weighted by molar-refractivity contribution is 0.0472. The van der Waals surface area contributed by atoms with Crippen LogP contribution in [-0.4, -0.2) is 46.7 Å². The van der Waals surface area contributed by atoms with E-state index in [2.05, 4.69) is 4.72 Å². The second-order valence-electron chi connectivity index (χ2n) is 5.76. The molecular formula is C17H19ClN2O6S2. The van der Waals surface area contributed by atoms with Crippen LogP contribution in [0, 0.1) is 0 Å². The first-order chi connectivity index (χ1) is 13.1. The maximum atomic E-state index is 12.2. The molecule has 0 atom stereocenters. The van der Waals surface area contributed by atoms with Crippen molar-refractivity contribution in [3.05, 3.63) is 44.6 Å². The highest BCUT2D eigenvalue weighted by Crippen LogP contribution is 2.29. The standard InChI is InChI=1S/C17H19ClN2O6S2/c1-25-15-8-13(19)12(18)7-11(15)17(22)26-9-14(21)16-4-3-10(27-16)5-6-20-28(2,23)24/h3-4,7-8,20H,5-6,9,19H2,1-2H3. The predicted octanol–water partition coefficient (Wildman–Crippen LogP) is 2.12. The minimum atomic E-state index is -3.26. The van der Waals surface area contributed by atoms with Crippen LogP contribution in [0.5, 0.6) is 5.75 Å². The summed E-state index contributed by atoms with van der Waals surface area (Å²) in [6.45, 7) is -0.217. The van der Waals surface area contributed by atoms with Crippen molar-refractivity contribution in [3.8, 4) is 5.75 Å². The summed E-state index contributed by atoms with van der Waals surface area (Å²) in [5.74, 6) is -0.946. The highest BCUT2D eigenvalue weighted by Gasteiger charge is 2.19. The zero-order chi connectivity index (χ0) is 20.9. The Morgan fingerprint density at radius 3 is 2.64 bits per heavy atom. The van der Waals surface area contributed by atoms with Crippen molar-refractivity contribution in [1.82, 2.24) is 4.72 Å². The van der Waals surface area contributed by atoms with E-state index >= 15 is 0 Å². The van der Waals surface area contributed by atoms with Crippen LogP contribution in [0.15, 0.2) is 24.3 Å². The molecule has 0 aliphatic rings. The molecule has 0 bridgehead atoms. The van der Waals surface area contributed by atoms with E-state index < -0.39 is 22.6 Å². The van der Waals surface area contributed by atoms with Crippen molar-refractivity contribution in [2.75, 3.05) is 32.3 Å². The molecule has 1 aromatic carbocycles. The summed E-state index contributed by atoms with van der Waals surface area (Å²) in [4.78, 5) is 25.7. The van der Waals surface area contributed by atoms with Crippen LogP contribution in [0.25, 0.3) is 0 Å². The summed E-state index contributed by atoms with van der Waals surface area (Å²) < 4.78 is 34.6. The van der Waals surface area contributed by atoms with Crippen molar-refractivity contribution in [2.24, 2.45) is 0 Å². The molecule has 0 saturated heterocycles. The Labute approximate surface area is 171 Å². The number of rotatable bonds is 9. The number of anilines is 1. The van der Waals surface area contributed by atoms with Gasteiger partial charge in [0.05, 0.1) is 29.0 Å². The number of sulfonamides is 1. The topological polar surface area (TPSA) is 125 Å². The Morgan fingerprint density at radius 2 is 2.00 bits per heavy atom. The third kappa shape index (κ3) is 6.20. The first-order valence-electron chi connectivity index (χ1n) is 7.97. The van der Waals surface area contributed by atoms with Crippen LogP contribution in [0.2, 0.25) is 5.02 Å². The molecule has 0 aliphatic heterocycles. The minimum absolute atomic E-state index is 0.0632. The van der Waals surface area contributed by atoms with E-state index in [9.17, 15) is 18.0 Å². The molecule has 0 aliphatic carbocycles. The summed E-state index contributed by atoms with van der Waals surface area (Å²) in [5.41, 5.74) is 5.99. The second-order valence-corrected chi connectivity index (χ2v) is 9.16. The molecule has 0 fully saturated rings. The third-order valence-corrected chi connectivity index (χ3v) is 5.79. The van der Waals surface area contributed by atoms with Gasteiger partial charge in [-0.25, -0.2) is 17.9 Å². The average molecular weight is 447 g/mol. The molecule has 3 N–H and O–H groups in total. The van der Waals surface area contributed by atoms with Crippen LogP contribution in [-0.2, 0) is 21.2 Å². The average Bonchev–Trinajstić information content (AvgIpc) is 3.09. The lowest BCUT2D eigenvalue weighted by Gasteiger charge is -2.10. The molecule has 28 heavy (non-hydrogen) atoms. The maximum Gasteiger partial charge on any atom is 0.342 e. The number of benzene rings is 1. The number of nitrogen functional groups attached to an aromatic ring is 1. The Balaban J connectivity index is 1.95. The van der Waals surface area contributed by atoms with E-state index in [0.29, 0.717) is 11.3 Å². The molecule has 11 heteroatoms. The van der Waals surface area contributed by atoms with E-state index in [4.69, 9.17) is 26.8 Å². The number of methoxy groups -OCH3 is 1.